The van der Waals surface area contributed by atoms with Crippen molar-refractivity contribution in [2.75, 3.05) is 6.61 Å². The summed E-state index contributed by atoms with van der Waals surface area (Å²) < 4.78 is 43.5. The number of alkyl halides is 3. The molecule has 1 saturated heterocycles. The van der Waals surface area contributed by atoms with Gasteiger partial charge < -0.3 is 20.1 Å². The van der Waals surface area contributed by atoms with Crippen LogP contribution in [0.1, 0.15) is 5.56 Å². The fourth-order valence-electron chi connectivity index (χ4n) is 2.54. The quantitative estimate of drug-likeness (QED) is 0.344. The van der Waals surface area contributed by atoms with Gasteiger partial charge in [-0.15, -0.1) is 12.3 Å². The van der Waals surface area contributed by atoms with Crippen molar-refractivity contribution in [3.63, 3.8) is 0 Å². The smallest absolute Gasteiger partial charge is 0.394 e. The van der Waals surface area contributed by atoms with Gasteiger partial charge in [-0.05, 0) is 0 Å². The molecule has 1 amide bonds. The van der Waals surface area contributed by atoms with E-state index in [1.54, 1.807) is 4.98 Å². The molecule has 0 bridgehead atoms. The van der Waals surface area contributed by atoms with Gasteiger partial charge in [0.1, 0.15) is 12.2 Å². The maximum atomic E-state index is 12.7. The van der Waals surface area contributed by atoms with E-state index < -0.39 is 54.1 Å². The lowest BCUT2D eigenvalue weighted by molar-refractivity contribution is -0.206. The standard InChI is InChI=1S/C14H14F3N3O7/c1-2-3-6-4-20(12(26)18-10(6)24)14(19-11(25)13(15,16)17)9(23)8(22)7(5-21)27-14/h1,4,7-9,21-23H,3,5H2,(H,19,25)(H,18,24,26)/t7-,8-,9-,14+/m1/s1. The van der Waals surface area contributed by atoms with Crippen LogP contribution in [0.3, 0.4) is 0 Å². The second kappa shape index (κ2) is 7.16. The molecule has 1 aromatic heterocycles. The summed E-state index contributed by atoms with van der Waals surface area (Å²) in [5.41, 5.74) is -2.58. The molecule has 0 spiro atoms. The molecule has 27 heavy (non-hydrogen) atoms. The van der Waals surface area contributed by atoms with Crippen LogP contribution in [0, 0.1) is 12.3 Å². The van der Waals surface area contributed by atoms with Crippen molar-refractivity contribution < 1.29 is 38.0 Å². The number of hydrogen-bond acceptors (Lipinski definition) is 7. The number of carbonyl (C=O) groups is 1. The second-order valence-electron chi connectivity index (χ2n) is 5.59. The van der Waals surface area contributed by atoms with Gasteiger partial charge in [0.15, 0.2) is 6.10 Å². The van der Waals surface area contributed by atoms with Gasteiger partial charge in [0.2, 0.25) is 0 Å². The molecule has 2 rings (SSSR count). The van der Waals surface area contributed by atoms with Crippen LogP contribution >= 0.6 is 0 Å². The first-order valence-corrected chi connectivity index (χ1v) is 7.31. The fraction of sp³-hybridized carbons (Fsp3) is 0.500. The topological polar surface area (TPSA) is 154 Å². The average Bonchev–Trinajstić information content (AvgIpc) is 2.82. The van der Waals surface area contributed by atoms with E-state index in [1.807, 2.05) is 0 Å². The van der Waals surface area contributed by atoms with Crippen molar-refractivity contribution in [1.29, 1.82) is 0 Å². The summed E-state index contributed by atoms with van der Waals surface area (Å²) >= 11 is 0. The van der Waals surface area contributed by atoms with Crippen molar-refractivity contribution in [2.24, 2.45) is 0 Å². The molecule has 0 radical (unpaired) electrons. The largest absolute Gasteiger partial charge is 0.471 e. The van der Waals surface area contributed by atoms with Crippen LogP contribution < -0.4 is 16.6 Å². The Labute approximate surface area is 148 Å². The highest BCUT2D eigenvalue weighted by Gasteiger charge is 2.59. The molecule has 4 atom stereocenters. The number of halogens is 3. The Morgan fingerprint density at radius 1 is 1.44 bits per heavy atom. The Hall–Kier alpha value is -2.66. The lowest BCUT2D eigenvalue weighted by Crippen LogP contribution is -2.63. The number of aromatic amines is 1. The van der Waals surface area contributed by atoms with Gasteiger partial charge >= 0.3 is 17.8 Å². The van der Waals surface area contributed by atoms with Gasteiger partial charge in [-0.25, -0.2) is 4.79 Å². The molecule has 1 aliphatic rings. The molecule has 0 aromatic carbocycles. The van der Waals surface area contributed by atoms with Gasteiger partial charge in [0.05, 0.1) is 6.61 Å². The third kappa shape index (κ3) is 3.60. The summed E-state index contributed by atoms with van der Waals surface area (Å²) in [5.74, 6) is -3.49. The van der Waals surface area contributed by atoms with Crippen LogP contribution in [0.2, 0.25) is 0 Å². The van der Waals surface area contributed by atoms with Gasteiger partial charge in [-0.2, -0.15) is 13.2 Å². The maximum absolute atomic E-state index is 12.7. The second-order valence-corrected chi connectivity index (χ2v) is 5.59. The molecular formula is C14H14F3N3O7. The zero-order valence-electron chi connectivity index (χ0n) is 13.4. The number of nitrogens with one attached hydrogen (secondary N) is 2. The molecule has 148 valence electrons. The molecule has 0 aliphatic carbocycles. The zero-order valence-corrected chi connectivity index (χ0v) is 13.4. The first-order valence-electron chi connectivity index (χ1n) is 7.31. The van der Waals surface area contributed by atoms with E-state index in [1.165, 1.54) is 5.32 Å². The van der Waals surface area contributed by atoms with E-state index in [4.69, 9.17) is 11.2 Å². The predicted octanol–water partition coefficient (Wildman–Crippen LogP) is -2.89. The zero-order chi connectivity index (χ0) is 20.6. The molecule has 10 nitrogen and oxygen atoms in total. The minimum atomic E-state index is -5.44. The molecule has 0 saturated carbocycles. The number of ether oxygens (including phenoxy) is 1. The van der Waals surface area contributed by atoms with E-state index in [0.717, 1.165) is 0 Å². The summed E-state index contributed by atoms with van der Waals surface area (Å²) in [7, 11) is 0. The number of carbonyl (C=O) groups excluding carboxylic acids is 1. The normalized spacial score (nSPS) is 28.0. The number of rotatable bonds is 4. The van der Waals surface area contributed by atoms with Gasteiger partial charge in [0, 0.05) is 18.2 Å². The van der Waals surface area contributed by atoms with E-state index >= 15 is 0 Å². The summed E-state index contributed by atoms with van der Waals surface area (Å²) in [5, 5.41) is 30.6. The van der Waals surface area contributed by atoms with Crippen molar-refractivity contribution >= 4 is 5.91 Å². The van der Waals surface area contributed by atoms with Crippen LogP contribution in [0.15, 0.2) is 15.8 Å². The van der Waals surface area contributed by atoms with E-state index in [9.17, 15) is 42.9 Å². The van der Waals surface area contributed by atoms with Crippen LogP contribution in [0.5, 0.6) is 0 Å². The highest BCUT2D eigenvalue weighted by Crippen LogP contribution is 2.33. The van der Waals surface area contributed by atoms with Crippen molar-refractivity contribution in [1.82, 2.24) is 14.9 Å². The number of aliphatic hydroxyl groups is 3. The number of aliphatic hydroxyl groups excluding tert-OH is 3. The first kappa shape index (κ1) is 20.6. The van der Waals surface area contributed by atoms with Crippen LogP contribution in [0.4, 0.5) is 13.2 Å². The van der Waals surface area contributed by atoms with E-state index in [0.29, 0.717) is 6.20 Å². The Balaban J connectivity index is 2.70. The first-order chi connectivity index (χ1) is 12.5. The highest BCUT2D eigenvalue weighted by atomic mass is 19.4. The number of H-pyrrole nitrogens is 1. The molecule has 1 aliphatic heterocycles. The summed E-state index contributed by atoms with van der Waals surface area (Å²) in [6.45, 7) is -0.961. The molecular weight excluding hydrogens is 379 g/mol. The molecule has 1 fully saturated rings. The van der Waals surface area contributed by atoms with Crippen molar-refractivity contribution in [3.05, 3.63) is 32.6 Å². The van der Waals surface area contributed by atoms with Crippen molar-refractivity contribution in [3.8, 4) is 12.3 Å². The Kier molecular flexibility index (Phi) is 5.47. The van der Waals surface area contributed by atoms with Crippen molar-refractivity contribution in [2.45, 2.75) is 36.8 Å². The lowest BCUT2D eigenvalue weighted by Gasteiger charge is -2.34. The average molecular weight is 393 g/mol. The van der Waals surface area contributed by atoms with Crippen LogP contribution in [-0.4, -0.2) is 61.9 Å². The summed E-state index contributed by atoms with van der Waals surface area (Å²) in [4.78, 5) is 37.1. The fourth-order valence-corrected chi connectivity index (χ4v) is 2.54. The number of aromatic nitrogens is 2. The molecule has 13 heteroatoms. The molecule has 5 N–H and O–H groups in total. The highest BCUT2D eigenvalue weighted by molar-refractivity contribution is 5.82. The summed E-state index contributed by atoms with van der Waals surface area (Å²) in [6.07, 6.45) is -5.96. The number of nitrogens with zero attached hydrogens (tertiary/aromatic N) is 1. The Morgan fingerprint density at radius 2 is 2.07 bits per heavy atom. The molecule has 1 aromatic rings. The SMILES string of the molecule is C#CCc1cn([C@]2(NC(=O)C(F)(F)F)O[C@H](CO)[C@@H](O)[C@H]2O)c(=O)[nH]c1=O. The van der Waals surface area contributed by atoms with Gasteiger partial charge in [-0.1, -0.05) is 0 Å². The monoisotopic (exact) mass is 393 g/mol. The Bertz CT molecular complexity index is 888. The van der Waals surface area contributed by atoms with E-state index in [2.05, 4.69) is 5.92 Å². The maximum Gasteiger partial charge on any atom is 0.471 e. The summed E-state index contributed by atoms with van der Waals surface area (Å²) in [6, 6.07) is 0. The van der Waals surface area contributed by atoms with Gasteiger partial charge in [-0.3, -0.25) is 24.5 Å². The predicted molar refractivity (Wildman–Crippen MR) is 80.0 cm³/mol. The lowest BCUT2D eigenvalue weighted by atomic mass is 10.1. The number of terminal acetylenes is 1. The Morgan fingerprint density at radius 3 is 2.56 bits per heavy atom. The number of amides is 1. The number of hydrogen-bond donors (Lipinski definition) is 5. The van der Waals surface area contributed by atoms with Gasteiger partial charge in [0.25, 0.3) is 11.4 Å². The van der Waals surface area contributed by atoms with E-state index in [-0.39, 0.29) is 16.6 Å². The minimum Gasteiger partial charge on any atom is -0.394 e. The molecule has 0 unspecified atom stereocenters. The third-order valence-electron chi connectivity index (χ3n) is 3.83. The third-order valence-corrected chi connectivity index (χ3v) is 3.83. The van der Waals surface area contributed by atoms with Crippen LogP contribution in [-0.2, 0) is 21.8 Å². The van der Waals surface area contributed by atoms with Crippen LogP contribution in [0.25, 0.3) is 0 Å². The molecule has 2 heterocycles. The minimum absolute atomic E-state index is 0.258.